The molecule has 0 radical (unpaired) electrons. The molecular formula is C21H23FN2O3S. The molecule has 1 amide bonds. The summed E-state index contributed by atoms with van der Waals surface area (Å²) in [6, 6.07) is 11.4. The van der Waals surface area contributed by atoms with E-state index in [9.17, 15) is 17.6 Å². The number of rotatable bonds is 4. The van der Waals surface area contributed by atoms with Crippen molar-refractivity contribution in [2.75, 3.05) is 18.4 Å². The van der Waals surface area contributed by atoms with E-state index in [4.69, 9.17) is 0 Å². The van der Waals surface area contributed by atoms with E-state index in [1.54, 1.807) is 0 Å². The molecule has 1 aliphatic carbocycles. The van der Waals surface area contributed by atoms with Gasteiger partial charge < -0.3 is 5.32 Å². The number of carbonyl (C=O) groups excluding carboxylic acids is 1. The second-order valence-electron chi connectivity index (χ2n) is 7.44. The number of fused-ring (bicyclic) bond motifs is 1. The highest BCUT2D eigenvalue weighted by Gasteiger charge is 2.33. The second-order valence-corrected chi connectivity index (χ2v) is 9.34. The Morgan fingerprint density at radius 1 is 1.04 bits per heavy atom. The first-order valence-electron chi connectivity index (χ1n) is 9.62. The summed E-state index contributed by atoms with van der Waals surface area (Å²) in [6.45, 7) is 0.415. The molecule has 2 aromatic rings. The lowest BCUT2D eigenvalue weighted by Crippen LogP contribution is -2.41. The van der Waals surface area contributed by atoms with E-state index in [1.165, 1.54) is 33.6 Å². The molecule has 148 valence electrons. The van der Waals surface area contributed by atoms with E-state index < -0.39 is 15.8 Å². The lowest BCUT2D eigenvalue weighted by molar-refractivity contribution is -0.120. The zero-order chi connectivity index (χ0) is 19.7. The molecule has 1 fully saturated rings. The quantitative estimate of drug-likeness (QED) is 0.853. The predicted octanol–water partition coefficient (Wildman–Crippen LogP) is 3.35. The summed E-state index contributed by atoms with van der Waals surface area (Å²) in [5, 5.41) is 2.97. The van der Waals surface area contributed by atoms with E-state index in [0.29, 0.717) is 12.8 Å². The van der Waals surface area contributed by atoms with Crippen LogP contribution in [0, 0.1) is 11.7 Å². The van der Waals surface area contributed by atoms with Crippen molar-refractivity contribution in [3.63, 3.8) is 0 Å². The number of nitrogens with zero attached hydrogens (tertiary/aromatic N) is 1. The summed E-state index contributed by atoms with van der Waals surface area (Å²) >= 11 is 0. The third-order valence-electron chi connectivity index (χ3n) is 5.65. The number of carbonyl (C=O) groups is 1. The minimum atomic E-state index is -3.88. The summed E-state index contributed by atoms with van der Waals surface area (Å²) in [7, 11) is -3.88. The van der Waals surface area contributed by atoms with Gasteiger partial charge in [0.25, 0.3) is 0 Å². The van der Waals surface area contributed by atoms with Gasteiger partial charge in [-0.25, -0.2) is 12.8 Å². The van der Waals surface area contributed by atoms with Gasteiger partial charge in [0, 0.05) is 24.7 Å². The number of sulfonamides is 1. The van der Waals surface area contributed by atoms with Crippen molar-refractivity contribution in [1.29, 1.82) is 0 Å². The largest absolute Gasteiger partial charge is 0.326 e. The SMILES string of the molecule is O=C(Nc1ccc2c(c1)CCC2)C1CCN(S(=O)(=O)c2ccccc2F)CC1. The summed E-state index contributed by atoms with van der Waals surface area (Å²) in [5.74, 6) is -1.08. The molecule has 2 aromatic carbocycles. The van der Waals surface area contributed by atoms with Crippen molar-refractivity contribution < 1.29 is 17.6 Å². The van der Waals surface area contributed by atoms with E-state index in [0.717, 1.165) is 31.0 Å². The molecule has 5 nitrogen and oxygen atoms in total. The first kappa shape index (κ1) is 19.1. The first-order chi connectivity index (χ1) is 13.4. The number of amides is 1. The summed E-state index contributed by atoms with van der Waals surface area (Å²) < 4.78 is 40.5. The summed E-state index contributed by atoms with van der Waals surface area (Å²) in [6.07, 6.45) is 4.14. The van der Waals surface area contributed by atoms with Crippen molar-refractivity contribution in [1.82, 2.24) is 4.31 Å². The molecule has 0 saturated carbocycles. The Morgan fingerprint density at radius 3 is 2.50 bits per heavy atom. The zero-order valence-electron chi connectivity index (χ0n) is 15.5. The number of benzene rings is 2. The van der Waals surface area contributed by atoms with Gasteiger partial charge in [-0.15, -0.1) is 0 Å². The second kappa shape index (κ2) is 7.64. The molecule has 0 bridgehead atoms. The molecule has 7 heteroatoms. The van der Waals surface area contributed by atoms with Crippen LogP contribution < -0.4 is 5.32 Å². The number of piperidine rings is 1. The number of hydrogen-bond acceptors (Lipinski definition) is 3. The molecule has 28 heavy (non-hydrogen) atoms. The third kappa shape index (κ3) is 3.69. The van der Waals surface area contributed by atoms with Crippen LogP contribution in [0.15, 0.2) is 47.4 Å². The maximum absolute atomic E-state index is 13.9. The van der Waals surface area contributed by atoms with Gasteiger partial charge in [-0.1, -0.05) is 18.2 Å². The van der Waals surface area contributed by atoms with Crippen LogP contribution in [-0.2, 0) is 27.7 Å². The van der Waals surface area contributed by atoms with Gasteiger partial charge in [0.15, 0.2) is 0 Å². The van der Waals surface area contributed by atoms with Gasteiger partial charge in [-0.05, 0) is 67.5 Å². The summed E-state index contributed by atoms with van der Waals surface area (Å²) in [4.78, 5) is 12.3. The van der Waals surface area contributed by atoms with Crippen LogP contribution in [0.1, 0.15) is 30.4 Å². The average Bonchev–Trinajstić information content (AvgIpc) is 3.16. The molecule has 1 saturated heterocycles. The van der Waals surface area contributed by atoms with Crippen LogP contribution >= 0.6 is 0 Å². The van der Waals surface area contributed by atoms with Gasteiger partial charge in [-0.3, -0.25) is 4.79 Å². The normalized spacial score (nSPS) is 18.0. The van der Waals surface area contributed by atoms with Crippen molar-refractivity contribution in [2.24, 2.45) is 5.92 Å². The van der Waals surface area contributed by atoms with E-state index >= 15 is 0 Å². The Morgan fingerprint density at radius 2 is 1.75 bits per heavy atom. The Bertz CT molecular complexity index is 998. The van der Waals surface area contributed by atoms with Crippen LogP contribution in [0.25, 0.3) is 0 Å². The van der Waals surface area contributed by atoms with Crippen LogP contribution in [0.2, 0.25) is 0 Å². The summed E-state index contributed by atoms with van der Waals surface area (Å²) in [5.41, 5.74) is 3.44. The van der Waals surface area contributed by atoms with Gasteiger partial charge in [0.1, 0.15) is 10.7 Å². The molecule has 1 aliphatic heterocycles. The van der Waals surface area contributed by atoms with Crippen molar-refractivity contribution in [3.05, 3.63) is 59.4 Å². The minimum absolute atomic E-state index is 0.0825. The zero-order valence-corrected chi connectivity index (χ0v) is 16.3. The van der Waals surface area contributed by atoms with E-state index in [2.05, 4.69) is 11.4 Å². The minimum Gasteiger partial charge on any atom is -0.326 e. The molecule has 0 aromatic heterocycles. The predicted molar refractivity (Wildman–Crippen MR) is 105 cm³/mol. The third-order valence-corrected chi connectivity index (χ3v) is 7.58. The molecule has 0 atom stereocenters. The number of hydrogen-bond donors (Lipinski definition) is 1. The van der Waals surface area contributed by atoms with Crippen LogP contribution in [0.4, 0.5) is 10.1 Å². The monoisotopic (exact) mass is 402 g/mol. The number of nitrogens with one attached hydrogen (secondary N) is 1. The van der Waals surface area contributed by atoms with Crippen LogP contribution in [0.5, 0.6) is 0 Å². The fraction of sp³-hybridized carbons (Fsp3) is 0.381. The van der Waals surface area contributed by atoms with Crippen LogP contribution in [0.3, 0.4) is 0 Å². The molecule has 1 heterocycles. The lowest BCUT2D eigenvalue weighted by atomic mass is 9.97. The number of aryl methyl sites for hydroxylation is 2. The first-order valence-corrected chi connectivity index (χ1v) is 11.1. The maximum atomic E-state index is 13.9. The van der Waals surface area contributed by atoms with E-state index in [1.807, 2.05) is 12.1 Å². The van der Waals surface area contributed by atoms with Gasteiger partial charge in [0.05, 0.1) is 0 Å². The Hall–Kier alpha value is -2.25. The highest BCUT2D eigenvalue weighted by molar-refractivity contribution is 7.89. The van der Waals surface area contributed by atoms with E-state index in [-0.39, 0.29) is 29.8 Å². The Balaban J connectivity index is 1.38. The average molecular weight is 402 g/mol. The topological polar surface area (TPSA) is 66.5 Å². The maximum Gasteiger partial charge on any atom is 0.245 e. The fourth-order valence-electron chi connectivity index (χ4n) is 4.05. The van der Waals surface area contributed by atoms with Crippen molar-refractivity contribution in [3.8, 4) is 0 Å². The fourth-order valence-corrected chi connectivity index (χ4v) is 5.58. The highest BCUT2D eigenvalue weighted by atomic mass is 32.2. The van der Waals surface area contributed by atoms with Gasteiger partial charge >= 0.3 is 0 Å². The Labute approximate surface area is 164 Å². The molecule has 4 rings (SSSR count). The molecule has 0 spiro atoms. The van der Waals surface area contributed by atoms with Crippen molar-refractivity contribution >= 4 is 21.6 Å². The van der Waals surface area contributed by atoms with Crippen molar-refractivity contribution in [2.45, 2.75) is 37.0 Å². The Kier molecular flexibility index (Phi) is 5.21. The lowest BCUT2D eigenvalue weighted by Gasteiger charge is -2.30. The molecule has 2 aliphatic rings. The van der Waals surface area contributed by atoms with Gasteiger partial charge in [0.2, 0.25) is 15.9 Å². The molecular weight excluding hydrogens is 379 g/mol. The molecule has 1 N–H and O–H groups in total. The molecule has 0 unspecified atom stereocenters. The highest BCUT2D eigenvalue weighted by Crippen LogP contribution is 2.28. The smallest absolute Gasteiger partial charge is 0.245 e. The number of halogens is 1. The number of anilines is 1. The van der Waals surface area contributed by atoms with Gasteiger partial charge in [-0.2, -0.15) is 4.31 Å². The van der Waals surface area contributed by atoms with Crippen LogP contribution in [-0.4, -0.2) is 31.7 Å². The standard InChI is InChI=1S/C21H23FN2O3S/c22-19-6-1-2-7-20(19)28(26,27)24-12-10-16(11-13-24)21(25)23-18-9-8-15-4-3-5-17(15)14-18/h1-2,6-9,14,16H,3-5,10-13H2,(H,23,25).